The summed E-state index contributed by atoms with van der Waals surface area (Å²) < 4.78 is 0. The molecular formula is C8H19Cl3N2O. The number of rotatable bonds is 2. The molecule has 0 aromatic heterocycles. The van der Waals surface area contributed by atoms with Gasteiger partial charge in [-0.05, 0) is 32.5 Å². The Labute approximate surface area is 104 Å². The Hall–Kier alpha value is 0.300. The lowest BCUT2D eigenvalue weighted by Crippen LogP contribution is -2.38. The van der Waals surface area contributed by atoms with Crippen molar-refractivity contribution < 1.29 is 4.79 Å². The van der Waals surface area contributed by atoms with Crippen molar-refractivity contribution in [3.63, 3.8) is 0 Å². The van der Waals surface area contributed by atoms with Crippen LogP contribution >= 0.6 is 37.2 Å². The fraction of sp³-hybridized carbons (Fsp3) is 0.875. The maximum absolute atomic E-state index is 10.8. The third-order valence-electron chi connectivity index (χ3n) is 2.44. The predicted octanol–water partition coefficient (Wildman–Crippen LogP) is 1.47. The van der Waals surface area contributed by atoms with Gasteiger partial charge in [0.05, 0.1) is 0 Å². The molecule has 0 aliphatic carbocycles. The summed E-state index contributed by atoms with van der Waals surface area (Å²) in [6, 6.07) is 0. The molecule has 6 heteroatoms. The highest BCUT2D eigenvalue weighted by atomic mass is 35.5. The normalized spacial score (nSPS) is 17.2. The molecule has 1 saturated heterocycles. The van der Waals surface area contributed by atoms with Crippen LogP contribution in [-0.4, -0.2) is 30.4 Å². The molecule has 0 radical (unpaired) electrons. The van der Waals surface area contributed by atoms with Crippen molar-refractivity contribution >= 4 is 43.1 Å². The Morgan fingerprint density at radius 1 is 1.29 bits per heavy atom. The summed E-state index contributed by atoms with van der Waals surface area (Å²) in [5.41, 5.74) is 5.20. The number of carbonyl (C=O) groups is 1. The highest BCUT2D eigenvalue weighted by Crippen LogP contribution is 2.15. The molecule has 1 rings (SSSR count). The van der Waals surface area contributed by atoms with Gasteiger partial charge in [0, 0.05) is 5.92 Å². The summed E-state index contributed by atoms with van der Waals surface area (Å²) in [4.78, 5) is 13.1. The summed E-state index contributed by atoms with van der Waals surface area (Å²) in [5, 5.41) is 0. The second kappa shape index (κ2) is 9.84. The zero-order chi connectivity index (χ0) is 8.27. The van der Waals surface area contributed by atoms with Crippen molar-refractivity contribution in [3.8, 4) is 0 Å². The fourth-order valence-corrected chi connectivity index (χ4v) is 1.53. The first-order chi connectivity index (χ1) is 5.24. The van der Waals surface area contributed by atoms with Crippen LogP contribution in [0.1, 0.15) is 19.8 Å². The van der Waals surface area contributed by atoms with Gasteiger partial charge in [-0.2, -0.15) is 0 Å². The van der Waals surface area contributed by atoms with Gasteiger partial charge >= 0.3 is 0 Å². The average molecular weight is 266 g/mol. The maximum Gasteiger partial charge on any atom is 0.220 e. The van der Waals surface area contributed by atoms with E-state index >= 15 is 0 Å². The second-order valence-corrected chi connectivity index (χ2v) is 3.11. The van der Waals surface area contributed by atoms with E-state index in [2.05, 4.69) is 11.8 Å². The smallest absolute Gasteiger partial charge is 0.220 e. The van der Waals surface area contributed by atoms with Crippen LogP contribution in [0.2, 0.25) is 0 Å². The van der Waals surface area contributed by atoms with Crippen molar-refractivity contribution in [2.24, 2.45) is 11.7 Å². The molecule has 1 heterocycles. The number of amides is 1. The molecule has 1 aliphatic heterocycles. The van der Waals surface area contributed by atoms with Gasteiger partial charge in [-0.15, -0.1) is 37.2 Å². The lowest BCUT2D eigenvalue weighted by Gasteiger charge is -2.29. The molecule has 0 spiro atoms. The lowest BCUT2D eigenvalue weighted by molar-refractivity contribution is -0.123. The summed E-state index contributed by atoms with van der Waals surface area (Å²) in [7, 11) is 0. The minimum Gasteiger partial charge on any atom is -0.369 e. The fourth-order valence-electron chi connectivity index (χ4n) is 1.53. The minimum absolute atomic E-state index is 0. The Bertz CT molecular complexity index is 150. The molecule has 0 unspecified atom stereocenters. The Kier molecular flexibility index (Phi) is 13.9. The van der Waals surface area contributed by atoms with Crippen molar-refractivity contribution in [3.05, 3.63) is 0 Å². The first-order valence-corrected chi connectivity index (χ1v) is 4.25. The van der Waals surface area contributed by atoms with Crippen molar-refractivity contribution in [1.29, 1.82) is 0 Å². The number of hydrogen-bond donors (Lipinski definition) is 1. The monoisotopic (exact) mass is 264 g/mol. The SMILES string of the molecule is CCN1CCC(C(N)=O)CC1.Cl.Cl.Cl. The molecule has 0 aromatic carbocycles. The molecule has 1 amide bonds. The standard InChI is InChI=1S/C8H16N2O.3ClH/c1-2-10-5-3-7(4-6-10)8(9)11;;;/h7H,2-6H2,1H3,(H2,9,11);3*1H. The minimum atomic E-state index is -0.124. The molecule has 88 valence electrons. The van der Waals surface area contributed by atoms with Gasteiger partial charge in [-0.25, -0.2) is 0 Å². The van der Waals surface area contributed by atoms with Gasteiger partial charge in [0.2, 0.25) is 5.91 Å². The molecule has 0 atom stereocenters. The lowest BCUT2D eigenvalue weighted by atomic mass is 9.96. The number of piperidine rings is 1. The molecule has 3 nitrogen and oxygen atoms in total. The van der Waals surface area contributed by atoms with E-state index in [0.717, 1.165) is 32.5 Å². The summed E-state index contributed by atoms with van der Waals surface area (Å²) in [6.45, 7) is 5.30. The van der Waals surface area contributed by atoms with Gasteiger partial charge in [0.25, 0.3) is 0 Å². The predicted molar refractivity (Wildman–Crippen MR) is 65.8 cm³/mol. The van der Waals surface area contributed by atoms with E-state index in [-0.39, 0.29) is 49.0 Å². The van der Waals surface area contributed by atoms with Crippen molar-refractivity contribution in [1.82, 2.24) is 4.90 Å². The van der Waals surface area contributed by atoms with E-state index in [1.54, 1.807) is 0 Å². The van der Waals surface area contributed by atoms with Crippen molar-refractivity contribution in [2.45, 2.75) is 19.8 Å². The van der Waals surface area contributed by atoms with Gasteiger partial charge in [-0.1, -0.05) is 6.92 Å². The number of carbonyl (C=O) groups excluding carboxylic acids is 1. The van der Waals surface area contributed by atoms with E-state index in [4.69, 9.17) is 5.73 Å². The molecule has 0 bridgehead atoms. The number of nitrogens with zero attached hydrogens (tertiary/aromatic N) is 1. The third kappa shape index (κ3) is 5.91. The molecule has 0 aromatic rings. The van der Waals surface area contributed by atoms with E-state index in [0.29, 0.717) is 0 Å². The second-order valence-electron chi connectivity index (χ2n) is 3.11. The first-order valence-electron chi connectivity index (χ1n) is 4.25. The zero-order valence-electron chi connectivity index (χ0n) is 8.27. The van der Waals surface area contributed by atoms with Gasteiger partial charge in [0.15, 0.2) is 0 Å². The number of hydrogen-bond acceptors (Lipinski definition) is 2. The zero-order valence-corrected chi connectivity index (χ0v) is 10.7. The molecule has 2 N–H and O–H groups in total. The molecule has 1 aliphatic rings. The molecule has 0 saturated carbocycles. The van der Waals surface area contributed by atoms with Gasteiger partial charge in [0.1, 0.15) is 0 Å². The summed E-state index contributed by atoms with van der Waals surface area (Å²) in [5.74, 6) is 0.0125. The van der Waals surface area contributed by atoms with Crippen LogP contribution in [0, 0.1) is 5.92 Å². The number of halogens is 3. The van der Waals surface area contributed by atoms with Crippen LogP contribution in [0.5, 0.6) is 0 Å². The van der Waals surface area contributed by atoms with Crippen LogP contribution in [0.15, 0.2) is 0 Å². The highest BCUT2D eigenvalue weighted by Gasteiger charge is 2.21. The number of likely N-dealkylation sites (tertiary alicyclic amines) is 1. The Morgan fingerprint density at radius 3 is 2.00 bits per heavy atom. The third-order valence-corrected chi connectivity index (χ3v) is 2.44. The first kappa shape index (κ1) is 19.8. The van der Waals surface area contributed by atoms with E-state index < -0.39 is 0 Å². The average Bonchev–Trinajstić information content (AvgIpc) is 2.05. The Morgan fingerprint density at radius 2 is 1.71 bits per heavy atom. The van der Waals surface area contributed by atoms with E-state index in [1.165, 1.54) is 0 Å². The summed E-state index contributed by atoms with van der Waals surface area (Å²) >= 11 is 0. The largest absolute Gasteiger partial charge is 0.369 e. The Balaban J connectivity index is -0.000000403. The molecule has 14 heavy (non-hydrogen) atoms. The van der Waals surface area contributed by atoms with Crippen LogP contribution in [0.25, 0.3) is 0 Å². The van der Waals surface area contributed by atoms with Crippen LogP contribution in [0.3, 0.4) is 0 Å². The van der Waals surface area contributed by atoms with Gasteiger partial charge < -0.3 is 10.6 Å². The highest BCUT2D eigenvalue weighted by molar-refractivity contribution is 5.86. The van der Waals surface area contributed by atoms with E-state index in [1.807, 2.05) is 0 Å². The molecular weight excluding hydrogens is 246 g/mol. The van der Waals surface area contributed by atoms with Crippen LogP contribution in [-0.2, 0) is 4.79 Å². The molecule has 1 fully saturated rings. The van der Waals surface area contributed by atoms with Crippen LogP contribution < -0.4 is 5.73 Å². The number of nitrogens with two attached hydrogens (primary N) is 1. The van der Waals surface area contributed by atoms with Gasteiger partial charge in [-0.3, -0.25) is 4.79 Å². The maximum atomic E-state index is 10.8. The van der Waals surface area contributed by atoms with Crippen molar-refractivity contribution in [2.75, 3.05) is 19.6 Å². The quantitative estimate of drug-likeness (QED) is 0.822. The van der Waals surface area contributed by atoms with E-state index in [9.17, 15) is 4.79 Å². The van der Waals surface area contributed by atoms with Crippen LogP contribution in [0.4, 0.5) is 0 Å². The topological polar surface area (TPSA) is 46.3 Å². The summed E-state index contributed by atoms with van der Waals surface area (Å²) in [6.07, 6.45) is 1.90. The number of primary amides is 1.